The maximum absolute atomic E-state index is 5.60. The van der Waals surface area contributed by atoms with Crippen LogP contribution in [0.4, 0.5) is 0 Å². The van der Waals surface area contributed by atoms with E-state index in [1.807, 2.05) is 36.4 Å². The summed E-state index contributed by atoms with van der Waals surface area (Å²) < 4.78 is 5.60. The number of hydrogen-bond acceptors (Lipinski definition) is 4. The summed E-state index contributed by atoms with van der Waals surface area (Å²) in [5.74, 6) is 0.883. The van der Waals surface area contributed by atoms with Crippen LogP contribution in [0, 0.1) is 0 Å². The Labute approximate surface area is 113 Å². The Morgan fingerprint density at radius 3 is 2.84 bits per heavy atom. The van der Waals surface area contributed by atoms with Crippen molar-refractivity contribution in [1.82, 2.24) is 15.5 Å². The molecule has 4 nitrogen and oxygen atoms in total. The summed E-state index contributed by atoms with van der Waals surface area (Å²) in [5.41, 5.74) is 2.04. The minimum Gasteiger partial charge on any atom is -0.489 e. The first kappa shape index (κ1) is 13.2. The smallest absolute Gasteiger partial charge is 0.124 e. The topological polar surface area (TPSA) is 47.0 Å². The Hall–Kier alpha value is -2.20. The van der Waals surface area contributed by atoms with Crippen molar-refractivity contribution in [2.24, 2.45) is 0 Å². The molecule has 0 aliphatic rings. The van der Waals surface area contributed by atoms with Crippen molar-refractivity contribution >= 4 is 0 Å². The van der Waals surface area contributed by atoms with Gasteiger partial charge in [0.25, 0.3) is 0 Å². The molecule has 0 saturated heterocycles. The van der Waals surface area contributed by atoms with E-state index in [0.29, 0.717) is 13.2 Å². The number of nitrogens with one attached hydrogen (secondary N) is 1. The summed E-state index contributed by atoms with van der Waals surface area (Å²) >= 11 is 0. The van der Waals surface area contributed by atoms with E-state index in [0.717, 1.165) is 23.6 Å². The fourth-order valence-corrected chi connectivity index (χ4v) is 1.69. The Balaban J connectivity index is 1.90. The van der Waals surface area contributed by atoms with Crippen LogP contribution in [0.2, 0.25) is 0 Å². The lowest BCUT2D eigenvalue weighted by Crippen LogP contribution is -2.14. The molecule has 0 aliphatic heterocycles. The van der Waals surface area contributed by atoms with Crippen molar-refractivity contribution in [3.8, 4) is 5.75 Å². The van der Waals surface area contributed by atoms with E-state index in [1.54, 1.807) is 12.3 Å². The maximum atomic E-state index is 5.60. The molecule has 4 heteroatoms. The molecule has 2 rings (SSSR count). The average molecular weight is 255 g/mol. The Morgan fingerprint density at radius 1 is 1.16 bits per heavy atom. The molecule has 1 aromatic heterocycles. The van der Waals surface area contributed by atoms with Gasteiger partial charge in [0, 0.05) is 24.8 Å². The van der Waals surface area contributed by atoms with E-state index in [4.69, 9.17) is 4.74 Å². The van der Waals surface area contributed by atoms with E-state index in [2.05, 4.69) is 22.1 Å². The molecule has 1 heterocycles. The summed E-state index contributed by atoms with van der Waals surface area (Å²) in [5, 5.41) is 11.2. The van der Waals surface area contributed by atoms with Crippen LogP contribution in [0.5, 0.6) is 5.75 Å². The highest BCUT2D eigenvalue weighted by molar-refractivity contribution is 5.33. The number of aromatic nitrogens is 2. The molecule has 0 saturated carbocycles. The van der Waals surface area contributed by atoms with Gasteiger partial charge in [-0.3, -0.25) is 0 Å². The number of nitrogens with zero attached hydrogens (tertiary/aromatic N) is 2. The van der Waals surface area contributed by atoms with Gasteiger partial charge in [-0.05, 0) is 18.2 Å². The molecule has 0 amide bonds. The minimum absolute atomic E-state index is 0.515. The number of para-hydroxylation sites is 1. The molecule has 0 atom stereocenters. The third-order valence-electron chi connectivity index (χ3n) is 2.58. The van der Waals surface area contributed by atoms with E-state index < -0.39 is 0 Å². The van der Waals surface area contributed by atoms with E-state index in [9.17, 15) is 0 Å². The van der Waals surface area contributed by atoms with Crippen molar-refractivity contribution in [3.05, 3.63) is 66.5 Å². The molecule has 0 fully saturated rings. The van der Waals surface area contributed by atoms with Crippen molar-refractivity contribution in [2.45, 2.75) is 13.1 Å². The quantitative estimate of drug-likeness (QED) is 0.771. The van der Waals surface area contributed by atoms with Crippen LogP contribution in [-0.2, 0) is 13.1 Å². The molecule has 98 valence electrons. The van der Waals surface area contributed by atoms with Crippen LogP contribution in [0.25, 0.3) is 0 Å². The van der Waals surface area contributed by atoms with Crippen LogP contribution >= 0.6 is 0 Å². The van der Waals surface area contributed by atoms with Gasteiger partial charge in [-0.1, -0.05) is 30.9 Å². The van der Waals surface area contributed by atoms with E-state index in [-0.39, 0.29) is 0 Å². The summed E-state index contributed by atoms with van der Waals surface area (Å²) in [7, 11) is 0. The number of ether oxygens (including phenoxy) is 1. The zero-order valence-electron chi connectivity index (χ0n) is 10.7. The molecule has 19 heavy (non-hydrogen) atoms. The Bertz CT molecular complexity index is 514. The van der Waals surface area contributed by atoms with E-state index in [1.165, 1.54) is 0 Å². The zero-order chi connectivity index (χ0) is 13.3. The molecule has 2 aromatic rings. The molecular weight excluding hydrogens is 238 g/mol. The standard InChI is InChI=1S/C15H17N3O/c1-2-10-19-15-8-4-3-6-13(15)11-16-12-14-7-5-9-17-18-14/h2-9,16H,1,10-12H2. The fraction of sp³-hybridized carbons (Fsp3) is 0.200. The molecule has 1 aromatic carbocycles. The van der Waals surface area contributed by atoms with Gasteiger partial charge >= 0.3 is 0 Å². The van der Waals surface area contributed by atoms with Gasteiger partial charge in [0.1, 0.15) is 12.4 Å². The largest absolute Gasteiger partial charge is 0.489 e. The predicted molar refractivity (Wildman–Crippen MR) is 74.7 cm³/mol. The van der Waals surface area contributed by atoms with Gasteiger partial charge in [-0.25, -0.2) is 0 Å². The monoisotopic (exact) mass is 255 g/mol. The zero-order valence-corrected chi connectivity index (χ0v) is 10.7. The second kappa shape index (κ2) is 7.28. The van der Waals surface area contributed by atoms with Crippen LogP contribution < -0.4 is 10.1 Å². The summed E-state index contributed by atoms with van der Waals surface area (Å²) in [6.45, 7) is 5.58. The van der Waals surface area contributed by atoms with Crippen LogP contribution in [0.15, 0.2) is 55.3 Å². The van der Waals surface area contributed by atoms with Crippen LogP contribution in [0.1, 0.15) is 11.3 Å². The highest BCUT2D eigenvalue weighted by Gasteiger charge is 2.02. The van der Waals surface area contributed by atoms with Crippen LogP contribution in [0.3, 0.4) is 0 Å². The molecule has 0 aliphatic carbocycles. The van der Waals surface area contributed by atoms with Gasteiger partial charge < -0.3 is 10.1 Å². The molecule has 1 N–H and O–H groups in total. The first-order chi connectivity index (χ1) is 9.40. The number of benzene rings is 1. The van der Waals surface area contributed by atoms with Gasteiger partial charge in [-0.15, -0.1) is 0 Å². The number of hydrogen-bond donors (Lipinski definition) is 1. The molecule has 0 spiro atoms. The van der Waals surface area contributed by atoms with Gasteiger partial charge in [0.15, 0.2) is 0 Å². The lowest BCUT2D eigenvalue weighted by Gasteiger charge is -2.10. The predicted octanol–water partition coefficient (Wildman–Crippen LogP) is 2.33. The van der Waals surface area contributed by atoms with Crippen LogP contribution in [-0.4, -0.2) is 16.8 Å². The summed E-state index contributed by atoms with van der Waals surface area (Å²) in [6, 6.07) is 11.8. The second-order valence-electron chi connectivity index (χ2n) is 4.03. The Morgan fingerprint density at radius 2 is 2.05 bits per heavy atom. The lowest BCUT2D eigenvalue weighted by molar-refractivity contribution is 0.358. The van der Waals surface area contributed by atoms with Crippen molar-refractivity contribution < 1.29 is 4.74 Å². The molecular formula is C15H17N3O. The van der Waals surface area contributed by atoms with Gasteiger partial charge in [-0.2, -0.15) is 10.2 Å². The highest BCUT2D eigenvalue weighted by atomic mass is 16.5. The molecule has 0 radical (unpaired) electrons. The fourth-order valence-electron chi connectivity index (χ4n) is 1.69. The Kier molecular flexibility index (Phi) is 5.07. The number of rotatable bonds is 7. The third-order valence-corrected chi connectivity index (χ3v) is 2.58. The SMILES string of the molecule is C=CCOc1ccccc1CNCc1cccnn1. The lowest BCUT2D eigenvalue weighted by atomic mass is 10.2. The van der Waals surface area contributed by atoms with Crippen molar-refractivity contribution in [3.63, 3.8) is 0 Å². The van der Waals surface area contributed by atoms with Crippen molar-refractivity contribution in [1.29, 1.82) is 0 Å². The van der Waals surface area contributed by atoms with Gasteiger partial charge in [0.2, 0.25) is 0 Å². The van der Waals surface area contributed by atoms with Crippen molar-refractivity contribution in [2.75, 3.05) is 6.61 Å². The highest BCUT2D eigenvalue weighted by Crippen LogP contribution is 2.17. The molecule has 0 bridgehead atoms. The summed E-state index contributed by atoms with van der Waals surface area (Å²) in [4.78, 5) is 0. The summed E-state index contributed by atoms with van der Waals surface area (Å²) in [6.07, 6.45) is 3.41. The first-order valence-corrected chi connectivity index (χ1v) is 6.19. The second-order valence-corrected chi connectivity index (χ2v) is 4.03. The maximum Gasteiger partial charge on any atom is 0.124 e. The molecule has 0 unspecified atom stereocenters. The third kappa shape index (κ3) is 4.19. The minimum atomic E-state index is 0.515. The normalized spacial score (nSPS) is 10.1. The average Bonchev–Trinajstić information content (AvgIpc) is 2.47. The first-order valence-electron chi connectivity index (χ1n) is 6.19. The van der Waals surface area contributed by atoms with E-state index >= 15 is 0 Å². The van der Waals surface area contributed by atoms with Gasteiger partial charge in [0.05, 0.1) is 5.69 Å².